The highest BCUT2D eigenvalue weighted by Crippen LogP contribution is 2.34. The number of aliphatic hydroxyl groups excluding tert-OH is 1. The number of rotatable bonds is 4. The Bertz CT molecular complexity index is 1120. The number of anilines is 2. The molecule has 2 unspecified atom stereocenters. The highest BCUT2D eigenvalue weighted by atomic mass is 35.5. The molecular formula is C30H51Cl5N6O5. The first-order chi connectivity index (χ1) is 20.4. The first-order valence-corrected chi connectivity index (χ1v) is 15.2. The van der Waals surface area contributed by atoms with Crippen LogP contribution < -0.4 is 15.1 Å². The maximum Gasteiger partial charge on any atom is 0.410 e. The van der Waals surface area contributed by atoms with E-state index in [1.54, 1.807) is 43.9 Å². The summed E-state index contributed by atoms with van der Waals surface area (Å²) in [6.07, 6.45) is 5.95. The van der Waals surface area contributed by atoms with Crippen LogP contribution in [0.3, 0.4) is 0 Å². The summed E-state index contributed by atoms with van der Waals surface area (Å²) in [6.45, 7) is 11.0. The average molecular weight is 753 g/mol. The maximum absolute atomic E-state index is 12.4. The van der Waals surface area contributed by atoms with E-state index in [0.717, 1.165) is 39.0 Å². The molecule has 4 heterocycles. The standard InChI is InChI=1S/C16H23Cl2N3O3.C11H15Cl2N3O.CH4O.2CH4.ClH/c1-16(2,3)24-15(22)21-6-5-20(9-11(10-21)23-4)14-12(17)7-19-8-13(14)18;1-17-8-4-14-2-3-16(7-8)11-9(12)5-15-6-10(11)13;1-2;;;/h7-8,11H,5-6,9-10H2,1-4H3;5-6,8,14H,2-4,7H2,1H3;2H,1H3;2*1H4;1H. The Balaban J connectivity index is 0. The largest absolute Gasteiger partial charge is 0.444 e. The zero-order chi connectivity index (χ0) is 32.2. The smallest absolute Gasteiger partial charge is 0.410 e. The zero-order valence-electron chi connectivity index (χ0n) is 25.9. The van der Waals surface area contributed by atoms with Crippen LogP contribution in [0.1, 0.15) is 35.6 Å². The number of methoxy groups -OCH3 is 2. The summed E-state index contributed by atoms with van der Waals surface area (Å²) in [5.41, 5.74) is 1.01. The number of hydrogen-bond donors (Lipinski definition) is 2. The molecule has 0 aromatic carbocycles. The number of aromatic nitrogens is 2. The van der Waals surface area contributed by atoms with E-state index in [-0.39, 0.29) is 45.6 Å². The Morgan fingerprint density at radius 2 is 1.24 bits per heavy atom. The van der Waals surface area contributed by atoms with Gasteiger partial charge in [0.25, 0.3) is 0 Å². The lowest BCUT2D eigenvalue weighted by Gasteiger charge is -2.27. The van der Waals surface area contributed by atoms with Crippen molar-refractivity contribution in [3.63, 3.8) is 0 Å². The predicted molar refractivity (Wildman–Crippen MR) is 194 cm³/mol. The highest BCUT2D eigenvalue weighted by Gasteiger charge is 2.30. The van der Waals surface area contributed by atoms with Crippen LogP contribution in [0.4, 0.5) is 16.2 Å². The summed E-state index contributed by atoms with van der Waals surface area (Å²) in [5.74, 6) is 0. The molecule has 2 aliphatic rings. The van der Waals surface area contributed by atoms with Crippen LogP contribution in [-0.2, 0) is 14.2 Å². The van der Waals surface area contributed by atoms with Crippen LogP contribution in [0.2, 0.25) is 20.1 Å². The van der Waals surface area contributed by atoms with E-state index < -0.39 is 5.60 Å². The van der Waals surface area contributed by atoms with Gasteiger partial charge >= 0.3 is 6.09 Å². The Labute approximate surface area is 301 Å². The van der Waals surface area contributed by atoms with Gasteiger partial charge < -0.3 is 39.3 Å². The van der Waals surface area contributed by atoms with E-state index in [4.69, 9.17) is 65.7 Å². The lowest BCUT2D eigenvalue weighted by molar-refractivity contribution is 0.0138. The van der Waals surface area contributed by atoms with E-state index in [1.165, 1.54) is 0 Å². The number of amides is 1. The third kappa shape index (κ3) is 14.3. The number of nitrogens with zero attached hydrogens (tertiary/aromatic N) is 5. The SMILES string of the molecule is C.C.CO.COC1CN(C(=O)OC(C)(C)C)CCN(c2c(Cl)cncc2Cl)C1.COC1CNCCN(c2c(Cl)cncc2Cl)C1.Cl. The fourth-order valence-corrected chi connectivity index (χ4v) is 5.68. The number of hydrogen-bond acceptors (Lipinski definition) is 10. The molecule has 2 saturated heterocycles. The molecule has 2 aromatic heterocycles. The third-order valence-electron chi connectivity index (χ3n) is 6.45. The summed E-state index contributed by atoms with van der Waals surface area (Å²) in [7, 11) is 4.34. The lowest BCUT2D eigenvalue weighted by atomic mass is 10.2. The van der Waals surface area contributed by atoms with Crippen molar-refractivity contribution in [3.05, 3.63) is 44.9 Å². The van der Waals surface area contributed by atoms with E-state index in [1.807, 2.05) is 25.7 Å². The van der Waals surface area contributed by atoms with Crippen molar-refractivity contribution in [3.8, 4) is 0 Å². The van der Waals surface area contributed by atoms with E-state index in [9.17, 15) is 4.79 Å². The highest BCUT2D eigenvalue weighted by molar-refractivity contribution is 6.39. The van der Waals surface area contributed by atoms with Crippen LogP contribution >= 0.6 is 58.8 Å². The Morgan fingerprint density at radius 3 is 1.67 bits per heavy atom. The van der Waals surface area contributed by atoms with Gasteiger partial charge in [0.2, 0.25) is 0 Å². The van der Waals surface area contributed by atoms with Gasteiger partial charge in [-0.25, -0.2) is 4.79 Å². The third-order valence-corrected chi connectivity index (χ3v) is 7.56. The molecule has 0 aliphatic carbocycles. The zero-order valence-corrected chi connectivity index (χ0v) is 29.7. The molecule has 1 amide bonds. The van der Waals surface area contributed by atoms with Crippen molar-refractivity contribution in [2.45, 2.75) is 53.4 Å². The molecule has 0 bridgehead atoms. The molecule has 0 saturated carbocycles. The number of carbonyl (C=O) groups is 1. The summed E-state index contributed by atoms with van der Waals surface area (Å²) < 4.78 is 16.4. The van der Waals surface area contributed by atoms with Crippen LogP contribution in [0, 0.1) is 0 Å². The number of halogens is 5. The maximum atomic E-state index is 12.4. The van der Waals surface area contributed by atoms with Gasteiger partial charge in [-0.05, 0) is 20.8 Å². The Hall–Kier alpha value is -1.54. The number of carbonyl (C=O) groups excluding carboxylic acids is 1. The quantitative estimate of drug-likeness (QED) is 0.356. The van der Waals surface area contributed by atoms with Crippen LogP contribution in [0.5, 0.6) is 0 Å². The normalized spacial score (nSPS) is 18.0. The van der Waals surface area contributed by atoms with Crippen molar-refractivity contribution in [2.24, 2.45) is 0 Å². The second kappa shape index (κ2) is 22.9. The molecular weight excluding hydrogens is 702 g/mol. The van der Waals surface area contributed by atoms with Gasteiger partial charge in [0.05, 0.1) is 50.2 Å². The van der Waals surface area contributed by atoms with Crippen molar-refractivity contribution >= 4 is 76.3 Å². The van der Waals surface area contributed by atoms with Crippen molar-refractivity contribution in [2.75, 3.05) is 83.5 Å². The molecule has 2 N–H and O–H groups in total. The topological polar surface area (TPSA) is 113 Å². The van der Waals surface area contributed by atoms with E-state index in [0.29, 0.717) is 52.0 Å². The number of ether oxygens (including phenoxy) is 3. The van der Waals surface area contributed by atoms with Crippen molar-refractivity contribution in [1.29, 1.82) is 0 Å². The average Bonchev–Trinajstić information content (AvgIpc) is 3.32. The summed E-state index contributed by atoms with van der Waals surface area (Å²) in [6, 6.07) is 0. The fraction of sp³-hybridized carbons (Fsp3) is 0.633. The minimum Gasteiger partial charge on any atom is -0.444 e. The van der Waals surface area contributed by atoms with Crippen LogP contribution in [0.15, 0.2) is 24.8 Å². The molecule has 0 radical (unpaired) electrons. The molecule has 11 nitrogen and oxygen atoms in total. The number of aliphatic hydroxyl groups is 1. The van der Waals surface area contributed by atoms with Gasteiger partial charge in [-0.1, -0.05) is 61.3 Å². The molecule has 4 rings (SSSR count). The summed E-state index contributed by atoms with van der Waals surface area (Å²) in [5, 5.41) is 12.4. The molecule has 2 aromatic rings. The van der Waals surface area contributed by atoms with Gasteiger partial charge in [0, 0.05) is 91.9 Å². The van der Waals surface area contributed by atoms with Gasteiger partial charge in [0.15, 0.2) is 0 Å². The summed E-state index contributed by atoms with van der Waals surface area (Å²) >= 11 is 24.8. The molecule has 46 heavy (non-hydrogen) atoms. The van der Waals surface area contributed by atoms with Crippen molar-refractivity contribution < 1.29 is 24.1 Å². The molecule has 2 aliphatic heterocycles. The molecule has 0 spiro atoms. The summed E-state index contributed by atoms with van der Waals surface area (Å²) in [4.78, 5) is 26.1. The Kier molecular flexibility index (Phi) is 23.2. The molecule has 2 fully saturated rings. The monoisotopic (exact) mass is 750 g/mol. The first kappa shape index (κ1) is 46.6. The van der Waals surface area contributed by atoms with E-state index in [2.05, 4.69) is 20.2 Å². The molecule has 16 heteroatoms. The minimum absolute atomic E-state index is 0. The number of pyridine rings is 2. The predicted octanol–water partition coefficient (Wildman–Crippen LogP) is 6.58. The van der Waals surface area contributed by atoms with Crippen molar-refractivity contribution in [1.82, 2.24) is 20.2 Å². The first-order valence-electron chi connectivity index (χ1n) is 13.7. The van der Waals surface area contributed by atoms with Crippen LogP contribution in [0.25, 0.3) is 0 Å². The second-order valence-electron chi connectivity index (χ2n) is 10.6. The van der Waals surface area contributed by atoms with Gasteiger partial charge in [0.1, 0.15) is 5.60 Å². The van der Waals surface area contributed by atoms with Gasteiger partial charge in [-0.2, -0.15) is 0 Å². The second-order valence-corrected chi connectivity index (χ2v) is 12.3. The van der Waals surface area contributed by atoms with Gasteiger partial charge in [-0.15, -0.1) is 12.4 Å². The minimum atomic E-state index is -0.538. The molecule has 266 valence electrons. The lowest BCUT2D eigenvalue weighted by Crippen LogP contribution is -2.41. The Morgan fingerprint density at radius 1 is 0.804 bits per heavy atom. The van der Waals surface area contributed by atoms with Crippen LogP contribution in [-0.4, -0.2) is 118 Å². The molecule has 2 atom stereocenters. The van der Waals surface area contributed by atoms with Gasteiger partial charge in [-0.3, -0.25) is 9.97 Å². The fourth-order valence-electron chi connectivity index (χ4n) is 4.47. The number of nitrogens with one attached hydrogen (secondary N) is 1. The van der Waals surface area contributed by atoms with E-state index >= 15 is 0 Å².